The Hall–Kier alpha value is -2.72. The van der Waals surface area contributed by atoms with Gasteiger partial charge >= 0.3 is 0 Å². The minimum absolute atomic E-state index is 0.293. The first kappa shape index (κ1) is 25.4. The number of hydrogen-bond donors (Lipinski definition) is 1. The topological polar surface area (TPSA) is 87.1 Å². The molecule has 0 spiro atoms. The van der Waals surface area contributed by atoms with Crippen molar-refractivity contribution in [3.63, 3.8) is 0 Å². The second kappa shape index (κ2) is 11.8. The van der Waals surface area contributed by atoms with Gasteiger partial charge in [-0.2, -0.15) is 10.2 Å². The zero-order chi connectivity index (χ0) is 24.8. The lowest BCUT2D eigenvalue weighted by molar-refractivity contribution is 0.0683. The van der Waals surface area contributed by atoms with E-state index in [2.05, 4.69) is 20.3 Å². The van der Waals surface area contributed by atoms with Crippen LogP contribution in [0.1, 0.15) is 31.4 Å². The third kappa shape index (κ3) is 6.10. The monoisotopic (exact) mass is 521 g/mol. The molecule has 0 bridgehead atoms. The molecule has 1 atom stereocenters. The maximum Gasteiger partial charge on any atom is 0.152 e. The number of nitrogens with zero attached hydrogens (tertiary/aromatic N) is 4. The second-order valence-electron chi connectivity index (χ2n) is 7.98. The van der Waals surface area contributed by atoms with Crippen LogP contribution in [0.5, 0.6) is 5.75 Å². The Morgan fingerprint density at radius 1 is 1.09 bits per heavy atom. The first-order valence-corrected chi connectivity index (χ1v) is 12.0. The molecule has 0 saturated heterocycles. The molecule has 3 aromatic heterocycles. The quantitative estimate of drug-likeness (QED) is 0.235. The zero-order valence-electron chi connectivity index (χ0n) is 19.4. The minimum atomic E-state index is -0.522. The molecular formula is C24H26Cl2FN5O3. The number of unbranched alkanes of at least 4 members (excludes halogenated alkanes) is 1. The van der Waals surface area contributed by atoms with E-state index < -0.39 is 11.9 Å². The van der Waals surface area contributed by atoms with Crippen molar-refractivity contribution >= 4 is 34.1 Å². The molecule has 4 aromatic rings. The van der Waals surface area contributed by atoms with E-state index in [1.165, 1.54) is 18.5 Å². The lowest BCUT2D eigenvalue weighted by Gasteiger charge is -2.17. The summed E-state index contributed by atoms with van der Waals surface area (Å²) < 4.78 is 33.1. The van der Waals surface area contributed by atoms with E-state index in [0.29, 0.717) is 57.8 Å². The molecule has 0 aliphatic carbocycles. The van der Waals surface area contributed by atoms with Gasteiger partial charge in [-0.05, 0) is 25.8 Å². The van der Waals surface area contributed by atoms with E-state index in [4.69, 9.17) is 37.4 Å². The molecule has 186 valence electrons. The van der Waals surface area contributed by atoms with Gasteiger partial charge in [-0.15, -0.1) is 0 Å². The molecule has 11 heteroatoms. The van der Waals surface area contributed by atoms with Crippen molar-refractivity contribution in [3.8, 4) is 17.0 Å². The number of aromatic nitrogens is 5. The summed E-state index contributed by atoms with van der Waals surface area (Å²) in [6.45, 7) is 4.40. The number of hydrogen-bond acceptors (Lipinski definition) is 6. The standard InChI is InChI=1S/C24H26Cl2FN5O3/c1-15(22-19(25)12-28-13-20(22)26)35-17-9-18-23(30-31-24(18)21(27)10-17)16-11-29-32(14-16)5-3-4-6-34-8-7-33-2/h9-15H,3-8H2,1-2H3,(H,30,31)/t15-/m1/s1. The van der Waals surface area contributed by atoms with E-state index in [1.54, 1.807) is 26.3 Å². The van der Waals surface area contributed by atoms with Crippen molar-refractivity contribution in [1.82, 2.24) is 25.0 Å². The average Bonchev–Trinajstić information content (AvgIpc) is 3.45. The second-order valence-corrected chi connectivity index (χ2v) is 8.80. The zero-order valence-corrected chi connectivity index (χ0v) is 20.9. The van der Waals surface area contributed by atoms with Crippen molar-refractivity contribution < 1.29 is 18.6 Å². The highest BCUT2D eigenvalue weighted by Crippen LogP contribution is 2.35. The summed E-state index contributed by atoms with van der Waals surface area (Å²) in [5, 5.41) is 12.9. The molecule has 8 nitrogen and oxygen atoms in total. The van der Waals surface area contributed by atoms with Crippen molar-refractivity contribution in [3.05, 3.63) is 58.3 Å². The number of methoxy groups -OCH3 is 1. The molecule has 1 N–H and O–H groups in total. The van der Waals surface area contributed by atoms with Crippen LogP contribution >= 0.6 is 23.2 Å². The summed E-state index contributed by atoms with van der Waals surface area (Å²) in [5.41, 5.74) is 2.24. The van der Waals surface area contributed by atoms with Crippen LogP contribution < -0.4 is 4.74 Å². The Bertz CT molecular complexity index is 1260. The molecule has 35 heavy (non-hydrogen) atoms. The van der Waals surface area contributed by atoms with Crippen molar-refractivity contribution in [2.24, 2.45) is 0 Å². The van der Waals surface area contributed by atoms with Gasteiger partial charge in [0, 0.05) is 61.4 Å². The van der Waals surface area contributed by atoms with Gasteiger partial charge in [-0.1, -0.05) is 23.2 Å². The number of H-pyrrole nitrogens is 1. The van der Waals surface area contributed by atoms with E-state index in [-0.39, 0.29) is 0 Å². The number of nitrogens with one attached hydrogen (secondary N) is 1. The van der Waals surface area contributed by atoms with Crippen LogP contribution in [0.2, 0.25) is 10.0 Å². The van der Waals surface area contributed by atoms with Gasteiger partial charge in [-0.3, -0.25) is 14.8 Å². The van der Waals surface area contributed by atoms with Gasteiger partial charge in [0.05, 0.1) is 29.5 Å². The number of aryl methyl sites for hydroxylation is 1. The molecule has 0 aliphatic heterocycles. The molecule has 0 amide bonds. The van der Waals surface area contributed by atoms with Gasteiger partial charge in [0.2, 0.25) is 0 Å². The number of rotatable bonds is 12. The number of halogens is 3. The highest BCUT2D eigenvalue weighted by molar-refractivity contribution is 6.35. The largest absolute Gasteiger partial charge is 0.486 e. The molecule has 0 aliphatic rings. The van der Waals surface area contributed by atoms with Crippen LogP contribution in [-0.4, -0.2) is 51.9 Å². The van der Waals surface area contributed by atoms with Crippen LogP contribution in [0.3, 0.4) is 0 Å². The summed E-state index contributed by atoms with van der Waals surface area (Å²) >= 11 is 12.5. The Kier molecular flexibility index (Phi) is 8.56. The SMILES string of the molecule is COCCOCCCCn1cc(-c2n[nH]c3c(F)cc(O[C@H](C)c4c(Cl)cncc4Cl)cc23)cn1. The van der Waals surface area contributed by atoms with Gasteiger partial charge in [0.15, 0.2) is 5.82 Å². The van der Waals surface area contributed by atoms with Crippen LogP contribution in [0, 0.1) is 5.82 Å². The number of pyridine rings is 1. The first-order valence-electron chi connectivity index (χ1n) is 11.2. The average molecular weight is 522 g/mol. The normalized spacial score (nSPS) is 12.4. The van der Waals surface area contributed by atoms with Crippen LogP contribution in [0.15, 0.2) is 36.9 Å². The van der Waals surface area contributed by atoms with Crippen molar-refractivity contribution in [2.45, 2.75) is 32.4 Å². The van der Waals surface area contributed by atoms with Gasteiger partial charge in [-0.25, -0.2) is 4.39 Å². The predicted octanol–water partition coefficient (Wildman–Crippen LogP) is 5.85. The van der Waals surface area contributed by atoms with E-state index in [0.717, 1.165) is 24.9 Å². The maximum atomic E-state index is 14.9. The molecule has 0 unspecified atom stereocenters. The Morgan fingerprint density at radius 3 is 2.66 bits per heavy atom. The van der Waals surface area contributed by atoms with Crippen LogP contribution in [0.4, 0.5) is 4.39 Å². The Labute approximate surface area is 212 Å². The fourth-order valence-electron chi connectivity index (χ4n) is 3.75. The number of ether oxygens (including phenoxy) is 3. The molecule has 1 aromatic carbocycles. The number of aromatic amines is 1. The molecule has 0 radical (unpaired) electrons. The molecule has 3 heterocycles. The van der Waals surface area contributed by atoms with E-state index >= 15 is 0 Å². The molecule has 0 saturated carbocycles. The molecule has 4 rings (SSSR count). The predicted molar refractivity (Wildman–Crippen MR) is 133 cm³/mol. The van der Waals surface area contributed by atoms with E-state index in [1.807, 2.05) is 10.9 Å². The third-order valence-electron chi connectivity index (χ3n) is 5.47. The van der Waals surface area contributed by atoms with Gasteiger partial charge in [0.1, 0.15) is 23.1 Å². The van der Waals surface area contributed by atoms with Crippen LogP contribution in [-0.2, 0) is 16.0 Å². The number of fused-ring (bicyclic) bond motifs is 1. The van der Waals surface area contributed by atoms with Crippen molar-refractivity contribution in [2.75, 3.05) is 26.9 Å². The first-order chi connectivity index (χ1) is 17.0. The number of benzene rings is 1. The smallest absolute Gasteiger partial charge is 0.152 e. The van der Waals surface area contributed by atoms with E-state index in [9.17, 15) is 4.39 Å². The Balaban J connectivity index is 1.47. The maximum absolute atomic E-state index is 14.9. The highest BCUT2D eigenvalue weighted by atomic mass is 35.5. The molecule has 0 fully saturated rings. The van der Waals surface area contributed by atoms with Crippen molar-refractivity contribution in [1.29, 1.82) is 0 Å². The Morgan fingerprint density at radius 2 is 1.89 bits per heavy atom. The van der Waals surface area contributed by atoms with Crippen LogP contribution in [0.25, 0.3) is 22.2 Å². The van der Waals surface area contributed by atoms with Gasteiger partial charge in [0.25, 0.3) is 0 Å². The summed E-state index contributed by atoms with van der Waals surface area (Å²) in [4.78, 5) is 3.96. The third-order valence-corrected chi connectivity index (χ3v) is 6.07. The fraction of sp³-hybridized carbons (Fsp3) is 0.375. The lowest BCUT2D eigenvalue weighted by Crippen LogP contribution is -2.05. The summed E-state index contributed by atoms with van der Waals surface area (Å²) in [6, 6.07) is 3.05. The summed E-state index contributed by atoms with van der Waals surface area (Å²) in [7, 11) is 1.65. The fourth-order valence-corrected chi connectivity index (χ4v) is 4.42. The highest BCUT2D eigenvalue weighted by Gasteiger charge is 2.19. The van der Waals surface area contributed by atoms with Gasteiger partial charge < -0.3 is 14.2 Å². The summed E-state index contributed by atoms with van der Waals surface area (Å²) in [6.07, 6.45) is 7.91. The minimum Gasteiger partial charge on any atom is -0.486 e. The molecular weight excluding hydrogens is 496 g/mol. The lowest BCUT2D eigenvalue weighted by atomic mass is 10.1. The summed E-state index contributed by atoms with van der Waals surface area (Å²) in [5.74, 6) is -0.147.